The maximum absolute atomic E-state index is 11.3. The second kappa shape index (κ2) is 4.51. The Hall–Kier alpha value is -0.730. The van der Waals surface area contributed by atoms with Crippen molar-refractivity contribution in [1.82, 2.24) is 15.1 Å². The molecular formula is C9H10N4OS3. The van der Waals surface area contributed by atoms with E-state index in [2.05, 4.69) is 10.2 Å². The Morgan fingerprint density at radius 2 is 2.47 bits per heavy atom. The molecule has 1 aromatic heterocycles. The molecule has 2 N–H and O–H groups in total. The number of hydrogen-bond acceptors (Lipinski definition) is 7. The minimum Gasteiger partial charge on any atom is -0.374 e. The number of amides is 1. The number of rotatable bonds is 3. The van der Waals surface area contributed by atoms with Gasteiger partial charge in [0.15, 0.2) is 4.34 Å². The van der Waals surface area contributed by atoms with Gasteiger partial charge in [0, 0.05) is 17.7 Å². The Morgan fingerprint density at radius 3 is 3.18 bits per heavy atom. The maximum Gasteiger partial charge on any atom is 0.230 e. The second-order valence-corrected chi connectivity index (χ2v) is 7.15. The predicted molar refractivity (Wildman–Crippen MR) is 70.8 cm³/mol. The fourth-order valence-corrected chi connectivity index (χ4v) is 4.55. The number of carbonyl (C=O) groups excluding carboxylic acids is 1. The first-order chi connectivity index (χ1) is 8.22. The summed E-state index contributed by atoms with van der Waals surface area (Å²) in [4.78, 5) is 13.1. The van der Waals surface area contributed by atoms with Gasteiger partial charge in [0.05, 0.1) is 11.8 Å². The Balaban J connectivity index is 1.60. The highest BCUT2D eigenvalue weighted by Crippen LogP contribution is 2.37. The standard InChI is InChI=1S/C9H10N4OS3/c10-8-11-12-9(17-8)16-4-5-2-13-6(14)1-7(13)15-3-5/h2,7H,1,3-4H2,(H2,10,11)/t7-/m1/s1. The molecule has 2 aliphatic heterocycles. The molecule has 3 heterocycles. The third-order valence-electron chi connectivity index (χ3n) is 2.53. The molecule has 90 valence electrons. The van der Waals surface area contributed by atoms with E-state index in [1.165, 1.54) is 16.9 Å². The first kappa shape index (κ1) is 11.4. The van der Waals surface area contributed by atoms with Crippen LogP contribution in [0.2, 0.25) is 0 Å². The summed E-state index contributed by atoms with van der Waals surface area (Å²) >= 11 is 4.85. The number of nitrogens with zero attached hydrogens (tertiary/aromatic N) is 3. The van der Waals surface area contributed by atoms with Crippen molar-refractivity contribution < 1.29 is 4.79 Å². The number of thioether (sulfide) groups is 2. The number of nitrogen functional groups attached to an aromatic ring is 1. The van der Waals surface area contributed by atoms with Crippen molar-refractivity contribution in [3.63, 3.8) is 0 Å². The number of fused-ring (bicyclic) bond motifs is 1. The summed E-state index contributed by atoms with van der Waals surface area (Å²) in [6.07, 6.45) is 2.68. The fourth-order valence-electron chi connectivity index (χ4n) is 1.64. The summed E-state index contributed by atoms with van der Waals surface area (Å²) in [5, 5.41) is 8.60. The number of anilines is 1. The van der Waals surface area contributed by atoms with Crippen LogP contribution in [0, 0.1) is 0 Å². The van der Waals surface area contributed by atoms with E-state index in [1.807, 2.05) is 22.9 Å². The van der Waals surface area contributed by atoms with Gasteiger partial charge in [-0.3, -0.25) is 4.79 Å². The minimum absolute atomic E-state index is 0.227. The number of nitrogens with two attached hydrogens (primary N) is 1. The van der Waals surface area contributed by atoms with Crippen LogP contribution >= 0.6 is 34.9 Å². The van der Waals surface area contributed by atoms with E-state index < -0.39 is 0 Å². The largest absolute Gasteiger partial charge is 0.374 e. The third-order valence-corrected chi connectivity index (χ3v) is 5.84. The molecule has 17 heavy (non-hydrogen) atoms. The summed E-state index contributed by atoms with van der Waals surface area (Å²) < 4.78 is 0.880. The van der Waals surface area contributed by atoms with Crippen LogP contribution in [0.15, 0.2) is 16.1 Å². The van der Waals surface area contributed by atoms with Crippen LogP contribution in [0.1, 0.15) is 6.42 Å². The molecule has 5 nitrogen and oxygen atoms in total. The normalized spacial score (nSPS) is 23.1. The smallest absolute Gasteiger partial charge is 0.230 e. The molecule has 8 heteroatoms. The van der Waals surface area contributed by atoms with Crippen LogP contribution in [-0.2, 0) is 4.79 Å². The van der Waals surface area contributed by atoms with Crippen LogP contribution in [0.25, 0.3) is 0 Å². The maximum atomic E-state index is 11.3. The van der Waals surface area contributed by atoms with Crippen molar-refractivity contribution in [1.29, 1.82) is 0 Å². The average molecular weight is 286 g/mol. The molecule has 3 rings (SSSR count). The summed E-state index contributed by atoms with van der Waals surface area (Å²) in [5.41, 5.74) is 6.78. The molecule has 0 saturated carbocycles. The van der Waals surface area contributed by atoms with E-state index in [0.717, 1.165) is 15.8 Å². The molecular weight excluding hydrogens is 276 g/mol. The van der Waals surface area contributed by atoms with E-state index in [0.29, 0.717) is 16.9 Å². The van der Waals surface area contributed by atoms with E-state index in [9.17, 15) is 4.79 Å². The van der Waals surface area contributed by atoms with Gasteiger partial charge in [0.2, 0.25) is 11.0 Å². The summed E-state index contributed by atoms with van der Waals surface area (Å²) in [7, 11) is 0. The molecule has 1 fully saturated rings. The number of carbonyl (C=O) groups is 1. The third kappa shape index (κ3) is 2.29. The topological polar surface area (TPSA) is 72.1 Å². The lowest BCUT2D eigenvalue weighted by atomic mass is 10.2. The zero-order valence-electron chi connectivity index (χ0n) is 8.83. The van der Waals surface area contributed by atoms with Gasteiger partial charge in [-0.2, -0.15) is 0 Å². The van der Waals surface area contributed by atoms with Gasteiger partial charge >= 0.3 is 0 Å². The SMILES string of the molecule is Nc1nnc(SCC2=CN3C(=O)C[C@H]3SC2)s1. The Bertz CT molecular complexity index is 486. The lowest BCUT2D eigenvalue weighted by Crippen LogP contribution is -2.49. The van der Waals surface area contributed by atoms with Crippen LogP contribution in [0.3, 0.4) is 0 Å². The summed E-state index contributed by atoms with van der Waals surface area (Å²) in [6, 6.07) is 0. The fraction of sp³-hybridized carbons (Fsp3) is 0.444. The van der Waals surface area contributed by atoms with Gasteiger partial charge in [0.25, 0.3) is 0 Å². The van der Waals surface area contributed by atoms with Crippen molar-refractivity contribution in [2.45, 2.75) is 16.1 Å². The highest BCUT2D eigenvalue weighted by molar-refractivity contribution is 8.01. The van der Waals surface area contributed by atoms with Crippen molar-refractivity contribution in [2.24, 2.45) is 0 Å². The average Bonchev–Trinajstić information content (AvgIpc) is 2.72. The first-order valence-electron chi connectivity index (χ1n) is 5.06. The molecule has 1 amide bonds. The zero-order valence-corrected chi connectivity index (χ0v) is 11.3. The van der Waals surface area contributed by atoms with Crippen LogP contribution < -0.4 is 5.73 Å². The molecule has 1 atom stereocenters. The summed E-state index contributed by atoms with van der Waals surface area (Å²) in [6.45, 7) is 0. The highest BCUT2D eigenvalue weighted by atomic mass is 32.2. The zero-order chi connectivity index (χ0) is 11.8. The van der Waals surface area contributed by atoms with Gasteiger partial charge in [-0.25, -0.2) is 0 Å². The molecule has 0 unspecified atom stereocenters. The summed E-state index contributed by atoms with van der Waals surface area (Å²) in [5.74, 6) is 2.07. The van der Waals surface area contributed by atoms with E-state index in [4.69, 9.17) is 5.73 Å². The van der Waals surface area contributed by atoms with Crippen LogP contribution in [-0.4, -0.2) is 37.9 Å². The molecule has 0 aliphatic carbocycles. The van der Waals surface area contributed by atoms with Gasteiger partial charge in [0.1, 0.15) is 0 Å². The van der Waals surface area contributed by atoms with Gasteiger partial charge < -0.3 is 10.6 Å². The number of β-lactam (4-membered cyclic amide) rings is 1. The lowest BCUT2D eigenvalue weighted by Gasteiger charge is -2.41. The molecule has 1 saturated heterocycles. The first-order valence-corrected chi connectivity index (χ1v) is 7.91. The Morgan fingerprint density at radius 1 is 1.59 bits per heavy atom. The van der Waals surface area contributed by atoms with Gasteiger partial charge in [-0.15, -0.1) is 22.0 Å². The van der Waals surface area contributed by atoms with Gasteiger partial charge in [-0.05, 0) is 5.57 Å². The van der Waals surface area contributed by atoms with Crippen LogP contribution in [0.4, 0.5) is 5.13 Å². The van der Waals surface area contributed by atoms with Crippen molar-refractivity contribution >= 4 is 45.9 Å². The molecule has 0 bridgehead atoms. The lowest BCUT2D eigenvalue weighted by molar-refractivity contribution is -0.137. The number of hydrogen-bond donors (Lipinski definition) is 1. The number of aromatic nitrogens is 2. The molecule has 2 aliphatic rings. The minimum atomic E-state index is 0.227. The second-order valence-electron chi connectivity index (χ2n) is 3.75. The van der Waals surface area contributed by atoms with Crippen molar-refractivity contribution in [3.8, 4) is 0 Å². The predicted octanol–water partition coefficient (Wildman–Crippen LogP) is 1.40. The Labute approximate surface area is 111 Å². The van der Waals surface area contributed by atoms with Crippen molar-refractivity contribution in [3.05, 3.63) is 11.8 Å². The van der Waals surface area contributed by atoms with Crippen LogP contribution in [0.5, 0.6) is 0 Å². The highest BCUT2D eigenvalue weighted by Gasteiger charge is 2.37. The van der Waals surface area contributed by atoms with Crippen molar-refractivity contribution in [2.75, 3.05) is 17.2 Å². The molecule has 0 spiro atoms. The Kier molecular flexibility index (Phi) is 3.01. The van der Waals surface area contributed by atoms with E-state index in [1.54, 1.807) is 11.8 Å². The van der Waals surface area contributed by atoms with Gasteiger partial charge in [-0.1, -0.05) is 23.1 Å². The van der Waals surface area contributed by atoms with E-state index in [-0.39, 0.29) is 5.91 Å². The molecule has 0 radical (unpaired) electrons. The molecule has 1 aromatic rings. The molecule has 0 aromatic carbocycles. The monoisotopic (exact) mass is 286 g/mol. The quantitative estimate of drug-likeness (QED) is 0.669. The van der Waals surface area contributed by atoms with E-state index >= 15 is 0 Å².